The van der Waals surface area contributed by atoms with Crippen LogP contribution in [-0.4, -0.2) is 25.5 Å². The lowest BCUT2D eigenvalue weighted by Crippen LogP contribution is -2.12. The van der Waals surface area contributed by atoms with Gasteiger partial charge >= 0.3 is 0 Å². The van der Waals surface area contributed by atoms with E-state index in [0.717, 1.165) is 0 Å². The molecule has 0 saturated carbocycles. The predicted octanol–water partition coefficient (Wildman–Crippen LogP) is 3.54. The van der Waals surface area contributed by atoms with E-state index in [9.17, 15) is 0 Å². The molecule has 0 fully saturated rings. The second kappa shape index (κ2) is 13.5. The number of rotatable bonds is 5. The third-order valence-corrected chi connectivity index (χ3v) is 1.46. The Bertz CT molecular complexity index is 60.0. The summed E-state index contributed by atoms with van der Waals surface area (Å²) in [4.78, 5) is 2.25. The van der Waals surface area contributed by atoms with Crippen molar-refractivity contribution in [1.82, 2.24) is 4.90 Å². The fourth-order valence-electron chi connectivity index (χ4n) is 0.855. The molecule has 0 saturated heterocycles. The largest absolute Gasteiger partial charge is 0.309 e. The second-order valence-corrected chi connectivity index (χ2v) is 3.57. The first kappa shape index (κ1) is 14.5. The molecule has 0 bridgehead atoms. The monoisotopic (exact) mass is 173 g/mol. The van der Waals surface area contributed by atoms with E-state index >= 15 is 0 Å². The molecule has 0 aromatic heterocycles. The van der Waals surface area contributed by atoms with E-state index in [4.69, 9.17) is 0 Å². The Balaban J connectivity index is 0. The third-order valence-electron chi connectivity index (χ3n) is 1.46. The summed E-state index contributed by atoms with van der Waals surface area (Å²) < 4.78 is 0. The quantitative estimate of drug-likeness (QED) is 0.575. The molecule has 0 aliphatic carbocycles. The van der Waals surface area contributed by atoms with E-state index in [2.05, 4.69) is 39.8 Å². The zero-order valence-corrected chi connectivity index (χ0v) is 9.69. The van der Waals surface area contributed by atoms with Crippen LogP contribution in [-0.2, 0) is 0 Å². The molecule has 0 aliphatic heterocycles. The Morgan fingerprint density at radius 2 is 1.33 bits per heavy atom. The molecule has 0 aliphatic rings. The second-order valence-electron chi connectivity index (χ2n) is 3.57. The summed E-state index contributed by atoms with van der Waals surface area (Å²) in [6, 6.07) is 0. The van der Waals surface area contributed by atoms with Crippen molar-refractivity contribution in [2.75, 3.05) is 20.6 Å². The highest BCUT2D eigenvalue weighted by Crippen LogP contribution is 1.98. The van der Waals surface area contributed by atoms with Gasteiger partial charge in [-0.15, -0.1) is 0 Å². The minimum Gasteiger partial charge on any atom is -0.309 e. The highest BCUT2D eigenvalue weighted by atomic mass is 15.0. The van der Waals surface area contributed by atoms with Gasteiger partial charge in [-0.25, -0.2) is 0 Å². The summed E-state index contributed by atoms with van der Waals surface area (Å²) in [6.07, 6.45) is 6.75. The van der Waals surface area contributed by atoms with Crippen molar-refractivity contribution in [3.05, 3.63) is 0 Å². The zero-order valence-electron chi connectivity index (χ0n) is 9.69. The van der Waals surface area contributed by atoms with Gasteiger partial charge in [0.05, 0.1) is 0 Å². The Hall–Kier alpha value is -0.0400. The fourth-order valence-corrected chi connectivity index (χ4v) is 0.855. The van der Waals surface area contributed by atoms with Crippen molar-refractivity contribution in [2.24, 2.45) is 0 Å². The van der Waals surface area contributed by atoms with E-state index in [1.807, 2.05) is 0 Å². The summed E-state index contributed by atoms with van der Waals surface area (Å²) in [5, 5.41) is 0. The maximum absolute atomic E-state index is 2.25. The van der Waals surface area contributed by atoms with Gasteiger partial charge in [0.1, 0.15) is 0 Å². The molecule has 0 N–H and O–H groups in total. The van der Waals surface area contributed by atoms with Crippen molar-refractivity contribution in [1.29, 1.82) is 0 Å². The maximum atomic E-state index is 2.25. The van der Waals surface area contributed by atoms with Gasteiger partial charge < -0.3 is 4.90 Å². The number of hydrogen-bond acceptors (Lipinski definition) is 1. The number of hydrogen-bond donors (Lipinski definition) is 0. The van der Waals surface area contributed by atoms with E-state index in [1.165, 1.54) is 38.6 Å². The molecule has 0 heterocycles. The third kappa shape index (κ3) is 22.5. The molecule has 0 radical (unpaired) electrons. The minimum atomic E-state index is 1.25. The standard InChI is InChI=1S/C8H19N.C3H8/c1-4-5-6-7-8-9(2)3;1-3-2/h4-8H2,1-3H3;3H2,1-2H3. The maximum Gasteiger partial charge on any atom is -0.00248 e. The van der Waals surface area contributed by atoms with Crippen LogP contribution in [0.3, 0.4) is 0 Å². The van der Waals surface area contributed by atoms with Crippen LogP contribution in [0.15, 0.2) is 0 Å². The smallest absolute Gasteiger partial charge is 0.00248 e. The van der Waals surface area contributed by atoms with Gasteiger partial charge in [-0.2, -0.15) is 0 Å². The Kier molecular flexibility index (Phi) is 16.3. The van der Waals surface area contributed by atoms with Gasteiger partial charge in [0.15, 0.2) is 0 Å². The first-order chi connectivity index (χ1) is 5.68. The van der Waals surface area contributed by atoms with Crippen LogP contribution in [0.1, 0.15) is 52.9 Å². The Morgan fingerprint density at radius 1 is 0.833 bits per heavy atom. The molecular weight excluding hydrogens is 146 g/mol. The molecule has 0 spiro atoms. The normalized spacial score (nSPS) is 9.50. The minimum absolute atomic E-state index is 1.25. The number of unbranched alkanes of at least 4 members (excludes halogenated alkanes) is 3. The number of nitrogens with zero attached hydrogens (tertiary/aromatic N) is 1. The molecule has 0 rings (SSSR count). The van der Waals surface area contributed by atoms with Crippen LogP contribution in [0, 0.1) is 0 Å². The van der Waals surface area contributed by atoms with Gasteiger partial charge in [-0.05, 0) is 27.1 Å². The molecule has 12 heavy (non-hydrogen) atoms. The van der Waals surface area contributed by atoms with E-state index in [0.29, 0.717) is 0 Å². The SMILES string of the molecule is CCC.CCCCCCN(C)C. The Labute approximate surface area is 79.2 Å². The lowest BCUT2D eigenvalue weighted by molar-refractivity contribution is 0.391. The lowest BCUT2D eigenvalue weighted by atomic mass is 10.2. The molecule has 1 nitrogen and oxygen atoms in total. The van der Waals surface area contributed by atoms with Gasteiger partial charge in [0.25, 0.3) is 0 Å². The van der Waals surface area contributed by atoms with Crippen LogP contribution in [0.2, 0.25) is 0 Å². The van der Waals surface area contributed by atoms with Crippen LogP contribution in [0.4, 0.5) is 0 Å². The van der Waals surface area contributed by atoms with Crippen LogP contribution in [0.25, 0.3) is 0 Å². The van der Waals surface area contributed by atoms with Crippen molar-refractivity contribution >= 4 is 0 Å². The molecular formula is C11H27N. The topological polar surface area (TPSA) is 3.24 Å². The van der Waals surface area contributed by atoms with Gasteiger partial charge in [-0.1, -0.05) is 46.5 Å². The van der Waals surface area contributed by atoms with Gasteiger partial charge in [-0.3, -0.25) is 0 Å². The average molecular weight is 173 g/mol. The van der Waals surface area contributed by atoms with Gasteiger partial charge in [0.2, 0.25) is 0 Å². The van der Waals surface area contributed by atoms with Gasteiger partial charge in [0, 0.05) is 0 Å². The molecule has 0 aromatic rings. The van der Waals surface area contributed by atoms with Crippen molar-refractivity contribution in [3.63, 3.8) is 0 Å². The average Bonchev–Trinajstić information content (AvgIpc) is 1.99. The fraction of sp³-hybridized carbons (Fsp3) is 1.00. The summed E-state index contributed by atoms with van der Waals surface area (Å²) in [6.45, 7) is 7.75. The first-order valence-corrected chi connectivity index (χ1v) is 5.33. The summed E-state index contributed by atoms with van der Waals surface area (Å²) in [5.74, 6) is 0. The first-order valence-electron chi connectivity index (χ1n) is 5.33. The van der Waals surface area contributed by atoms with E-state index in [1.54, 1.807) is 0 Å². The van der Waals surface area contributed by atoms with Crippen molar-refractivity contribution < 1.29 is 0 Å². The molecule has 0 aromatic carbocycles. The Morgan fingerprint density at radius 3 is 1.67 bits per heavy atom. The van der Waals surface area contributed by atoms with Crippen LogP contribution < -0.4 is 0 Å². The van der Waals surface area contributed by atoms with Crippen molar-refractivity contribution in [2.45, 2.75) is 52.9 Å². The van der Waals surface area contributed by atoms with E-state index < -0.39 is 0 Å². The summed E-state index contributed by atoms with van der Waals surface area (Å²) in [7, 11) is 4.26. The van der Waals surface area contributed by atoms with Crippen LogP contribution >= 0.6 is 0 Å². The molecule has 0 amide bonds. The zero-order chi connectivity index (χ0) is 9.82. The summed E-state index contributed by atoms with van der Waals surface area (Å²) >= 11 is 0. The van der Waals surface area contributed by atoms with Crippen LogP contribution in [0.5, 0.6) is 0 Å². The van der Waals surface area contributed by atoms with Crippen molar-refractivity contribution in [3.8, 4) is 0 Å². The summed E-state index contributed by atoms with van der Waals surface area (Å²) in [5.41, 5.74) is 0. The lowest BCUT2D eigenvalue weighted by Gasteiger charge is -2.07. The highest BCUT2D eigenvalue weighted by molar-refractivity contribution is 4.44. The molecule has 0 atom stereocenters. The highest BCUT2D eigenvalue weighted by Gasteiger charge is 1.88. The van der Waals surface area contributed by atoms with E-state index in [-0.39, 0.29) is 0 Å². The molecule has 1 heteroatoms. The molecule has 76 valence electrons. The predicted molar refractivity (Wildman–Crippen MR) is 58.7 cm³/mol. The molecule has 0 unspecified atom stereocenters.